The van der Waals surface area contributed by atoms with Crippen LogP contribution in [0.4, 0.5) is 0 Å². The van der Waals surface area contributed by atoms with Crippen LogP contribution in [0.1, 0.15) is 0 Å². The minimum Gasteiger partial charge on any atom is -0.455 e. The largest absolute Gasteiger partial charge is 0.455 e. The Morgan fingerprint density at radius 2 is 0.833 bits per heavy atom. The molecular weight excluding hydrogens is 585 g/mol. The van der Waals surface area contributed by atoms with Crippen LogP contribution in [-0.4, -0.2) is 0 Å². The number of benzene rings is 9. The molecule has 2 heterocycles. The smallest absolute Gasteiger partial charge is 0.147 e. The van der Waals surface area contributed by atoms with Crippen LogP contribution >= 0.6 is 0 Å². The van der Waals surface area contributed by atoms with E-state index >= 15 is 0 Å². The Labute approximate surface area is 275 Å². The van der Waals surface area contributed by atoms with E-state index < -0.39 is 0 Å². The molecule has 2 heteroatoms. The second-order valence-corrected chi connectivity index (χ2v) is 12.8. The number of rotatable bonds is 2. The summed E-state index contributed by atoms with van der Waals surface area (Å²) in [6.07, 6.45) is 0. The first-order chi connectivity index (χ1) is 23.8. The van der Waals surface area contributed by atoms with Gasteiger partial charge in [0.1, 0.15) is 22.3 Å². The summed E-state index contributed by atoms with van der Waals surface area (Å²) in [5.74, 6) is 0. The van der Waals surface area contributed by atoms with Crippen molar-refractivity contribution in [2.75, 3.05) is 0 Å². The molecule has 2 aromatic heterocycles. The molecule has 0 aliphatic rings. The van der Waals surface area contributed by atoms with Gasteiger partial charge in [0.25, 0.3) is 0 Å². The SMILES string of the molecule is c1ccc2cc(-c3c4ccccc4c(-c4c5oc6ccccc6c5cc5c4oc4ccc6ccccc6c45)c4ccccc34)ccc2c1. The fourth-order valence-electron chi connectivity index (χ4n) is 8.14. The summed E-state index contributed by atoms with van der Waals surface area (Å²) in [5.41, 5.74) is 8.01. The van der Waals surface area contributed by atoms with Crippen molar-refractivity contribution >= 4 is 87.0 Å². The molecule has 0 radical (unpaired) electrons. The Morgan fingerprint density at radius 1 is 0.292 bits per heavy atom. The van der Waals surface area contributed by atoms with Crippen LogP contribution in [0.25, 0.3) is 109 Å². The summed E-state index contributed by atoms with van der Waals surface area (Å²) in [6.45, 7) is 0. The average molecular weight is 611 g/mol. The molecule has 0 fully saturated rings. The van der Waals surface area contributed by atoms with Gasteiger partial charge in [0.05, 0.1) is 5.56 Å². The highest BCUT2D eigenvalue weighted by atomic mass is 16.3. The summed E-state index contributed by atoms with van der Waals surface area (Å²) in [6, 6.07) is 56.5. The van der Waals surface area contributed by atoms with E-state index in [4.69, 9.17) is 8.83 Å². The fourth-order valence-corrected chi connectivity index (χ4v) is 8.14. The molecule has 0 saturated carbocycles. The fraction of sp³-hybridized carbons (Fsp3) is 0. The van der Waals surface area contributed by atoms with Gasteiger partial charge in [0.2, 0.25) is 0 Å². The monoisotopic (exact) mass is 610 g/mol. The van der Waals surface area contributed by atoms with E-state index in [0.29, 0.717) is 0 Å². The van der Waals surface area contributed by atoms with Crippen LogP contribution in [0.15, 0.2) is 167 Å². The standard InChI is InChI=1S/C46H26O2/c1-2-13-29-25-30(22-21-27(29)11-1)41-33-16-5-7-18-35(33)43(36-19-8-6-17-34(36)41)44-45-37(32-15-9-10-20-39(32)47-45)26-38-42-31-14-4-3-12-28(31)23-24-40(42)48-46(38)44/h1-26H. The molecule has 222 valence electrons. The molecule has 11 aromatic rings. The maximum absolute atomic E-state index is 6.95. The molecule has 0 bridgehead atoms. The Morgan fingerprint density at radius 3 is 1.58 bits per heavy atom. The minimum absolute atomic E-state index is 0.848. The van der Waals surface area contributed by atoms with E-state index in [1.165, 1.54) is 54.2 Å². The molecule has 0 spiro atoms. The molecule has 0 N–H and O–H groups in total. The zero-order chi connectivity index (χ0) is 31.3. The minimum atomic E-state index is 0.848. The summed E-state index contributed by atoms with van der Waals surface area (Å²) in [7, 11) is 0. The quantitative estimate of drug-likeness (QED) is 0.182. The van der Waals surface area contributed by atoms with Crippen molar-refractivity contribution in [2.24, 2.45) is 0 Å². The van der Waals surface area contributed by atoms with Crippen LogP contribution in [-0.2, 0) is 0 Å². The highest BCUT2D eigenvalue weighted by molar-refractivity contribution is 6.31. The summed E-state index contributed by atoms with van der Waals surface area (Å²) >= 11 is 0. The summed E-state index contributed by atoms with van der Waals surface area (Å²) in [4.78, 5) is 0. The van der Waals surface area contributed by atoms with E-state index in [1.807, 2.05) is 6.07 Å². The topological polar surface area (TPSA) is 26.3 Å². The van der Waals surface area contributed by atoms with Gasteiger partial charge < -0.3 is 8.83 Å². The molecule has 9 aromatic carbocycles. The Balaban J connectivity index is 1.37. The zero-order valence-corrected chi connectivity index (χ0v) is 25.8. The van der Waals surface area contributed by atoms with Crippen molar-refractivity contribution in [3.63, 3.8) is 0 Å². The molecule has 0 aliphatic carbocycles. The van der Waals surface area contributed by atoms with Crippen molar-refractivity contribution in [1.29, 1.82) is 0 Å². The number of hydrogen-bond acceptors (Lipinski definition) is 2. The maximum atomic E-state index is 6.95. The molecule has 0 aliphatic heterocycles. The van der Waals surface area contributed by atoms with Crippen LogP contribution in [0, 0.1) is 0 Å². The lowest BCUT2D eigenvalue weighted by Gasteiger charge is -2.18. The van der Waals surface area contributed by atoms with Gasteiger partial charge in [-0.15, -0.1) is 0 Å². The number of fused-ring (bicyclic) bond motifs is 11. The lowest BCUT2D eigenvalue weighted by atomic mass is 9.84. The van der Waals surface area contributed by atoms with Gasteiger partial charge in [-0.1, -0.05) is 133 Å². The van der Waals surface area contributed by atoms with E-state index in [9.17, 15) is 0 Å². The second kappa shape index (κ2) is 9.57. The van der Waals surface area contributed by atoms with E-state index in [0.717, 1.165) is 55.0 Å². The summed E-state index contributed by atoms with van der Waals surface area (Å²) < 4.78 is 13.8. The van der Waals surface area contributed by atoms with Crippen LogP contribution in [0.2, 0.25) is 0 Å². The van der Waals surface area contributed by atoms with Gasteiger partial charge in [-0.25, -0.2) is 0 Å². The molecule has 0 saturated heterocycles. The van der Waals surface area contributed by atoms with Crippen molar-refractivity contribution in [3.05, 3.63) is 158 Å². The third-order valence-electron chi connectivity index (χ3n) is 10.2. The first kappa shape index (κ1) is 25.8. The second-order valence-electron chi connectivity index (χ2n) is 12.8. The molecule has 11 rings (SSSR count). The van der Waals surface area contributed by atoms with Gasteiger partial charge in [-0.05, 0) is 78.5 Å². The number of furan rings is 2. The van der Waals surface area contributed by atoms with Crippen molar-refractivity contribution < 1.29 is 8.83 Å². The highest BCUT2D eigenvalue weighted by Crippen LogP contribution is 2.51. The predicted octanol–water partition coefficient (Wildman–Crippen LogP) is 13.4. The van der Waals surface area contributed by atoms with Crippen LogP contribution in [0.3, 0.4) is 0 Å². The highest BCUT2D eigenvalue weighted by Gasteiger charge is 2.26. The number of para-hydroxylation sites is 1. The third kappa shape index (κ3) is 3.46. The van der Waals surface area contributed by atoms with E-state index in [-0.39, 0.29) is 0 Å². The van der Waals surface area contributed by atoms with Gasteiger partial charge in [-0.3, -0.25) is 0 Å². The average Bonchev–Trinajstić information content (AvgIpc) is 3.71. The van der Waals surface area contributed by atoms with Crippen molar-refractivity contribution in [1.82, 2.24) is 0 Å². The molecule has 2 nitrogen and oxygen atoms in total. The van der Waals surface area contributed by atoms with Gasteiger partial charge in [-0.2, -0.15) is 0 Å². The lowest BCUT2D eigenvalue weighted by Crippen LogP contribution is -1.92. The first-order valence-corrected chi connectivity index (χ1v) is 16.4. The Kier molecular flexibility index (Phi) is 5.14. The van der Waals surface area contributed by atoms with Crippen LogP contribution < -0.4 is 0 Å². The molecule has 0 amide bonds. The molecule has 0 atom stereocenters. The summed E-state index contributed by atoms with van der Waals surface area (Å²) in [5, 5.41) is 14.0. The molecule has 0 unspecified atom stereocenters. The van der Waals surface area contributed by atoms with Gasteiger partial charge in [0, 0.05) is 27.1 Å². The zero-order valence-electron chi connectivity index (χ0n) is 25.8. The van der Waals surface area contributed by atoms with Crippen LogP contribution in [0.5, 0.6) is 0 Å². The van der Waals surface area contributed by atoms with E-state index in [1.54, 1.807) is 0 Å². The number of hydrogen-bond donors (Lipinski definition) is 0. The molecule has 48 heavy (non-hydrogen) atoms. The van der Waals surface area contributed by atoms with Crippen molar-refractivity contribution in [2.45, 2.75) is 0 Å². The maximum Gasteiger partial charge on any atom is 0.147 e. The normalized spacial score (nSPS) is 12.2. The Bertz CT molecular complexity index is 3060. The molecular formula is C46H26O2. The third-order valence-corrected chi connectivity index (χ3v) is 10.2. The van der Waals surface area contributed by atoms with E-state index in [2.05, 4.69) is 152 Å². The Hall–Kier alpha value is -6.38. The lowest BCUT2D eigenvalue weighted by molar-refractivity contribution is 0.658. The van der Waals surface area contributed by atoms with Gasteiger partial charge in [0.15, 0.2) is 0 Å². The predicted molar refractivity (Wildman–Crippen MR) is 202 cm³/mol. The first-order valence-electron chi connectivity index (χ1n) is 16.4. The van der Waals surface area contributed by atoms with Crippen molar-refractivity contribution in [3.8, 4) is 22.3 Å². The van der Waals surface area contributed by atoms with Gasteiger partial charge >= 0.3 is 0 Å².